The van der Waals surface area contributed by atoms with Gasteiger partial charge in [0.15, 0.2) is 0 Å². The van der Waals surface area contributed by atoms with Crippen LogP contribution in [0.5, 0.6) is 0 Å². The van der Waals surface area contributed by atoms with Crippen LogP contribution in [0, 0.1) is 12.1 Å². The smallest absolute Gasteiger partial charge is 0.355 e. The quantitative estimate of drug-likeness (QED) is 0.155. The van der Waals surface area contributed by atoms with Crippen LogP contribution in [0.2, 0.25) is 0 Å². The van der Waals surface area contributed by atoms with E-state index in [1.165, 1.54) is 50.1 Å². The van der Waals surface area contributed by atoms with Crippen molar-refractivity contribution in [2.45, 2.75) is 25.2 Å². The molecule has 0 saturated heterocycles. The van der Waals surface area contributed by atoms with E-state index in [1.54, 1.807) is 0 Å². The first-order valence-corrected chi connectivity index (χ1v) is 19.8. The Hall–Kier alpha value is -6.22. The SMILES string of the molecule is CC(C)c1ccccc1-c1ccnc(-n2c3[c-]c(C4(c5[c-]c(N6CN(C)c7ccccc76)ccc5)c5ccccc5-c5ccccc54)ccc3c3ccccc32)c1.[Pt+2]. The minimum Gasteiger partial charge on any atom is -0.355 e. The topological polar surface area (TPSA) is 24.3 Å². The molecule has 1 aliphatic heterocycles. The number of para-hydroxylation sites is 3. The molecule has 0 radical (unpaired) electrons. The zero-order chi connectivity index (χ0) is 38.3. The van der Waals surface area contributed by atoms with E-state index in [2.05, 4.69) is 211 Å². The van der Waals surface area contributed by atoms with Crippen molar-refractivity contribution in [3.05, 3.63) is 210 Å². The molecule has 0 amide bonds. The van der Waals surface area contributed by atoms with Gasteiger partial charge >= 0.3 is 21.1 Å². The number of hydrogen-bond acceptors (Lipinski definition) is 3. The summed E-state index contributed by atoms with van der Waals surface area (Å²) in [5.74, 6) is 1.27. The monoisotopic (exact) mass is 927 g/mol. The van der Waals surface area contributed by atoms with Crippen LogP contribution in [0.25, 0.3) is 49.9 Å². The summed E-state index contributed by atoms with van der Waals surface area (Å²) in [6, 6.07) is 67.7. The van der Waals surface area contributed by atoms with Crippen LogP contribution in [-0.2, 0) is 26.5 Å². The summed E-state index contributed by atoms with van der Waals surface area (Å²) in [5, 5.41) is 2.32. The summed E-state index contributed by atoms with van der Waals surface area (Å²) in [4.78, 5) is 9.74. The van der Waals surface area contributed by atoms with Crippen molar-refractivity contribution in [2.75, 3.05) is 23.5 Å². The minimum atomic E-state index is -0.685. The summed E-state index contributed by atoms with van der Waals surface area (Å²) >= 11 is 0. The molecule has 1 aliphatic carbocycles. The van der Waals surface area contributed by atoms with E-state index in [0.29, 0.717) is 5.92 Å². The number of anilines is 3. The number of rotatable bonds is 6. The Kier molecular flexibility index (Phi) is 8.73. The zero-order valence-corrected chi connectivity index (χ0v) is 34.8. The Morgan fingerprint density at radius 1 is 0.603 bits per heavy atom. The second-order valence-corrected chi connectivity index (χ2v) is 15.7. The van der Waals surface area contributed by atoms with E-state index >= 15 is 0 Å². The molecular weight excluding hydrogens is 888 g/mol. The van der Waals surface area contributed by atoms with Crippen molar-refractivity contribution in [2.24, 2.45) is 0 Å². The Balaban J connectivity index is 0.00000408. The average molecular weight is 928 g/mol. The molecule has 9 aromatic rings. The fourth-order valence-corrected chi connectivity index (χ4v) is 9.70. The predicted molar refractivity (Wildman–Crippen MR) is 235 cm³/mol. The van der Waals surface area contributed by atoms with Crippen LogP contribution < -0.4 is 9.80 Å². The fraction of sp³-hybridized carbons (Fsp3) is 0.113. The van der Waals surface area contributed by atoms with Crippen LogP contribution in [0.3, 0.4) is 0 Å². The third kappa shape index (κ3) is 5.28. The first kappa shape index (κ1) is 36.1. The third-order valence-electron chi connectivity index (χ3n) is 12.2. The molecule has 0 spiro atoms. The van der Waals surface area contributed by atoms with Crippen LogP contribution in [0.1, 0.15) is 47.6 Å². The van der Waals surface area contributed by atoms with Gasteiger partial charge in [-0.15, -0.1) is 22.6 Å². The third-order valence-corrected chi connectivity index (χ3v) is 12.2. The summed E-state index contributed by atoms with van der Waals surface area (Å²) < 4.78 is 2.31. The Bertz CT molecular complexity index is 2990. The molecule has 11 rings (SSSR count). The van der Waals surface area contributed by atoms with Crippen molar-refractivity contribution in [3.8, 4) is 28.1 Å². The van der Waals surface area contributed by atoms with Crippen molar-refractivity contribution in [3.63, 3.8) is 0 Å². The molecule has 58 heavy (non-hydrogen) atoms. The van der Waals surface area contributed by atoms with Crippen LogP contribution in [0.4, 0.5) is 17.1 Å². The van der Waals surface area contributed by atoms with E-state index in [4.69, 9.17) is 4.98 Å². The standard InChI is InChI=1S/C53H40N4.Pt/c1-35(2)40-17-4-5-18-41(40)36-29-30-54-52(31-36)57-48-24-11-8-21-44(48)45-28-27-38(33-51(45)57)53(46-22-9-6-19-42(46)43-20-7-10-23-47(43)53)37-15-14-16-39(32-37)56-34-55(3)49-25-12-13-26-50(49)56;/h4-31,35H,34H2,1-3H3;/q-2;+2. The van der Waals surface area contributed by atoms with Crippen molar-refractivity contribution < 1.29 is 21.1 Å². The van der Waals surface area contributed by atoms with Gasteiger partial charge < -0.3 is 14.4 Å². The molecular formula is C53H40N4Pt. The molecule has 0 fully saturated rings. The van der Waals surface area contributed by atoms with Crippen molar-refractivity contribution in [1.29, 1.82) is 0 Å². The number of pyridine rings is 1. The molecule has 0 N–H and O–H groups in total. The van der Waals surface area contributed by atoms with Crippen molar-refractivity contribution in [1.82, 2.24) is 9.55 Å². The van der Waals surface area contributed by atoms with Gasteiger partial charge in [-0.25, -0.2) is 4.98 Å². The van der Waals surface area contributed by atoms with Gasteiger partial charge in [0.1, 0.15) is 5.82 Å². The molecule has 0 unspecified atom stereocenters. The number of nitrogens with zero attached hydrogens (tertiary/aromatic N) is 4. The summed E-state index contributed by atoms with van der Waals surface area (Å²) in [6.07, 6.45) is 1.95. The summed E-state index contributed by atoms with van der Waals surface area (Å²) in [5.41, 5.74) is 15.7. The second kappa shape index (κ2) is 14.0. The summed E-state index contributed by atoms with van der Waals surface area (Å²) in [6.45, 7) is 5.27. The number of fused-ring (bicyclic) bond motifs is 7. The number of aromatic nitrogens is 2. The van der Waals surface area contributed by atoms with Crippen LogP contribution in [0.15, 0.2) is 170 Å². The van der Waals surface area contributed by atoms with Gasteiger partial charge in [-0.3, -0.25) is 0 Å². The Labute approximate surface area is 354 Å². The molecule has 7 aromatic carbocycles. The van der Waals surface area contributed by atoms with E-state index in [9.17, 15) is 0 Å². The van der Waals surface area contributed by atoms with Gasteiger partial charge in [0.2, 0.25) is 0 Å². The second-order valence-electron chi connectivity index (χ2n) is 15.7. The Morgan fingerprint density at radius 2 is 1.26 bits per heavy atom. The first-order chi connectivity index (χ1) is 28.0. The van der Waals surface area contributed by atoms with Gasteiger partial charge in [0.25, 0.3) is 0 Å². The first-order valence-electron chi connectivity index (χ1n) is 19.8. The van der Waals surface area contributed by atoms with E-state index < -0.39 is 5.41 Å². The van der Waals surface area contributed by atoms with Gasteiger partial charge in [-0.05, 0) is 80.6 Å². The minimum absolute atomic E-state index is 0. The normalized spacial score (nSPS) is 13.8. The van der Waals surface area contributed by atoms with E-state index in [1.807, 2.05) is 6.20 Å². The summed E-state index contributed by atoms with van der Waals surface area (Å²) in [7, 11) is 2.16. The molecule has 4 nitrogen and oxygen atoms in total. The van der Waals surface area contributed by atoms with Crippen LogP contribution >= 0.6 is 0 Å². The predicted octanol–water partition coefficient (Wildman–Crippen LogP) is 12.5. The van der Waals surface area contributed by atoms with Crippen molar-refractivity contribution >= 4 is 38.9 Å². The van der Waals surface area contributed by atoms with E-state index in [-0.39, 0.29) is 21.1 Å². The van der Waals surface area contributed by atoms with E-state index in [0.717, 1.165) is 51.3 Å². The maximum absolute atomic E-state index is 5.06. The number of hydrogen-bond donors (Lipinski definition) is 0. The van der Waals surface area contributed by atoms with Crippen LogP contribution in [-0.4, -0.2) is 23.3 Å². The molecule has 2 aliphatic rings. The maximum Gasteiger partial charge on any atom is 2.00 e. The molecule has 5 heteroatoms. The molecule has 0 atom stereocenters. The fourth-order valence-electron chi connectivity index (χ4n) is 9.70. The molecule has 2 aromatic heterocycles. The van der Waals surface area contributed by atoms with Gasteiger partial charge in [-0.2, -0.15) is 36.4 Å². The van der Waals surface area contributed by atoms with Gasteiger partial charge in [-0.1, -0.05) is 128 Å². The molecule has 282 valence electrons. The number of benzene rings is 7. The molecule has 3 heterocycles. The average Bonchev–Trinajstić information content (AvgIpc) is 3.89. The maximum atomic E-state index is 5.06. The molecule has 0 saturated carbocycles. The van der Waals surface area contributed by atoms with Gasteiger partial charge in [0.05, 0.1) is 18.0 Å². The molecule has 0 bridgehead atoms. The Morgan fingerprint density at radius 3 is 2.03 bits per heavy atom. The van der Waals surface area contributed by atoms with Gasteiger partial charge in [0, 0.05) is 24.2 Å². The largest absolute Gasteiger partial charge is 2.00 e. The zero-order valence-electron chi connectivity index (χ0n) is 32.6.